The number of benzene rings is 2. The van der Waals surface area contributed by atoms with E-state index in [0.29, 0.717) is 29.2 Å². The monoisotopic (exact) mass is 572 g/mol. The van der Waals surface area contributed by atoms with Crippen LogP contribution in [0.15, 0.2) is 48.6 Å². The quantitative estimate of drug-likeness (QED) is 0.419. The second-order valence-corrected chi connectivity index (χ2v) is 13.6. The van der Waals surface area contributed by atoms with Crippen molar-refractivity contribution in [3.8, 4) is 5.75 Å². The minimum absolute atomic E-state index is 0.226. The van der Waals surface area contributed by atoms with Crippen molar-refractivity contribution in [2.45, 2.75) is 69.8 Å². The van der Waals surface area contributed by atoms with Gasteiger partial charge < -0.3 is 14.7 Å². The number of anilines is 1. The van der Waals surface area contributed by atoms with Gasteiger partial charge in [0.25, 0.3) is 5.91 Å². The SMILES string of the molecule is C[C@H]1[C@@H](O)C/C=C/C[C@@H]2CC[C@H]2CN2CCCCc3cc(Cl)ccc3COc3ccc(cc32)C(=O)NS1(=O)=O. The number of sulfonamides is 1. The smallest absolute Gasteiger partial charge is 0.264 e. The number of ether oxygens (including phenoxy) is 1. The number of rotatable bonds is 0. The first-order valence-corrected chi connectivity index (χ1v) is 15.8. The lowest BCUT2D eigenvalue weighted by atomic mass is 9.71. The van der Waals surface area contributed by atoms with E-state index in [9.17, 15) is 18.3 Å². The minimum Gasteiger partial charge on any atom is -0.487 e. The van der Waals surface area contributed by atoms with E-state index in [4.69, 9.17) is 16.3 Å². The van der Waals surface area contributed by atoms with Gasteiger partial charge in [-0.1, -0.05) is 29.8 Å². The molecule has 2 N–H and O–H groups in total. The second kappa shape index (κ2) is 11.9. The van der Waals surface area contributed by atoms with Crippen LogP contribution in [0.3, 0.4) is 0 Å². The summed E-state index contributed by atoms with van der Waals surface area (Å²) in [5, 5.41) is 10.1. The third-order valence-corrected chi connectivity index (χ3v) is 10.5. The zero-order valence-electron chi connectivity index (χ0n) is 22.3. The van der Waals surface area contributed by atoms with Gasteiger partial charge >= 0.3 is 0 Å². The highest BCUT2D eigenvalue weighted by atomic mass is 35.5. The molecule has 1 amide bonds. The number of carbonyl (C=O) groups excluding carboxylic acids is 1. The summed E-state index contributed by atoms with van der Waals surface area (Å²) in [5.41, 5.74) is 3.32. The van der Waals surface area contributed by atoms with E-state index in [1.807, 2.05) is 24.3 Å². The number of amides is 1. The predicted molar refractivity (Wildman–Crippen MR) is 154 cm³/mol. The molecule has 5 rings (SSSR count). The Morgan fingerprint density at radius 1 is 1.03 bits per heavy atom. The van der Waals surface area contributed by atoms with Crippen LogP contribution in [-0.4, -0.2) is 43.9 Å². The summed E-state index contributed by atoms with van der Waals surface area (Å²) in [4.78, 5) is 15.5. The van der Waals surface area contributed by atoms with E-state index in [-0.39, 0.29) is 12.0 Å². The molecule has 2 bridgehead atoms. The number of aliphatic hydroxyl groups excluding tert-OH is 1. The highest BCUT2D eigenvalue weighted by Crippen LogP contribution is 2.40. The molecule has 0 spiro atoms. The lowest BCUT2D eigenvalue weighted by Gasteiger charge is -2.41. The Bertz CT molecular complexity index is 1340. The van der Waals surface area contributed by atoms with Crippen molar-refractivity contribution < 1.29 is 23.1 Å². The Morgan fingerprint density at radius 3 is 2.62 bits per heavy atom. The van der Waals surface area contributed by atoms with Crippen LogP contribution in [0.25, 0.3) is 0 Å². The summed E-state index contributed by atoms with van der Waals surface area (Å²) in [5.74, 6) is 0.999. The molecule has 0 unspecified atom stereocenters. The molecule has 7 nitrogen and oxygen atoms in total. The Kier molecular flexibility index (Phi) is 8.55. The molecule has 1 saturated carbocycles. The maximum absolute atomic E-state index is 13.2. The summed E-state index contributed by atoms with van der Waals surface area (Å²) in [7, 11) is -4.08. The van der Waals surface area contributed by atoms with Gasteiger partial charge in [-0.3, -0.25) is 4.79 Å². The van der Waals surface area contributed by atoms with Gasteiger partial charge in [0.2, 0.25) is 10.0 Å². The molecule has 1 fully saturated rings. The molecule has 2 aliphatic heterocycles. The van der Waals surface area contributed by atoms with Gasteiger partial charge in [0, 0.05) is 23.7 Å². The molecule has 210 valence electrons. The number of nitrogens with one attached hydrogen (secondary N) is 1. The normalized spacial score (nSPS) is 28.4. The number of hydrogen-bond donors (Lipinski definition) is 2. The average molecular weight is 573 g/mol. The minimum atomic E-state index is -4.08. The zero-order chi connectivity index (χ0) is 27.6. The first kappa shape index (κ1) is 28.0. The largest absolute Gasteiger partial charge is 0.487 e. The number of fused-ring (bicyclic) bond motifs is 3. The molecule has 2 heterocycles. The van der Waals surface area contributed by atoms with E-state index in [1.165, 1.54) is 12.5 Å². The summed E-state index contributed by atoms with van der Waals surface area (Å²) in [6, 6.07) is 11.0. The standard InChI is InChI=1S/C30H37ClN2O5S/c1-20-28(34)8-3-2-6-21-9-10-24(21)18-33-15-5-4-7-22-16-26(31)13-11-25(22)19-38-29-14-12-23(17-27(29)33)30(35)32-39(20,36)37/h2-3,11-14,16-17,20-21,24,28,34H,4-10,15,18-19H2,1H3,(H,32,35)/b3-2+/t20-,21+,24-,28-/m0/s1. The fraction of sp³-hybridized carbons (Fsp3) is 0.500. The molecule has 0 saturated heterocycles. The highest BCUT2D eigenvalue weighted by Gasteiger charge is 2.33. The maximum atomic E-state index is 13.2. The average Bonchev–Trinajstić information content (AvgIpc) is 2.92. The summed E-state index contributed by atoms with van der Waals surface area (Å²) < 4.78 is 34.4. The van der Waals surface area contributed by atoms with Crippen molar-refractivity contribution >= 4 is 33.2 Å². The van der Waals surface area contributed by atoms with E-state index in [2.05, 4.69) is 15.7 Å². The third-order valence-electron chi connectivity index (χ3n) is 8.52. The van der Waals surface area contributed by atoms with Crippen LogP contribution in [0.4, 0.5) is 5.69 Å². The number of halogens is 1. The summed E-state index contributed by atoms with van der Waals surface area (Å²) in [6.45, 7) is 3.45. The molecular formula is C30H37ClN2O5S. The van der Waals surface area contributed by atoms with Gasteiger partial charge in [0.15, 0.2) is 0 Å². The predicted octanol–water partition coefficient (Wildman–Crippen LogP) is 5.25. The van der Waals surface area contributed by atoms with E-state index in [0.717, 1.165) is 62.9 Å². The fourth-order valence-corrected chi connectivity index (χ4v) is 7.02. The maximum Gasteiger partial charge on any atom is 0.264 e. The molecule has 2 aromatic rings. The lowest BCUT2D eigenvalue weighted by Crippen LogP contribution is -2.42. The Labute approximate surface area is 236 Å². The highest BCUT2D eigenvalue weighted by molar-refractivity contribution is 7.90. The van der Waals surface area contributed by atoms with Crippen molar-refractivity contribution in [3.05, 3.63) is 70.3 Å². The van der Waals surface area contributed by atoms with Gasteiger partial charge in [0.05, 0.1) is 11.8 Å². The molecule has 0 aromatic heterocycles. The van der Waals surface area contributed by atoms with Gasteiger partial charge in [-0.15, -0.1) is 0 Å². The van der Waals surface area contributed by atoms with Crippen LogP contribution in [-0.2, 0) is 23.1 Å². The Morgan fingerprint density at radius 2 is 1.82 bits per heavy atom. The zero-order valence-corrected chi connectivity index (χ0v) is 23.9. The van der Waals surface area contributed by atoms with Crippen molar-refractivity contribution in [2.75, 3.05) is 18.0 Å². The number of carbonyl (C=O) groups is 1. The molecule has 2 aromatic carbocycles. The van der Waals surface area contributed by atoms with Gasteiger partial charge in [-0.25, -0.2) is 13.1 Å². The molecule has 4 atom stereocenters. The molecular weight excluding hydrogens is 536 g/mol. The van der Waals surface area contributed by atoms with Crippen LogP contribution in [0, 0.1) is 11.8 Å². The van der Waals surface area contributed by atoms with Crippen molar-refractivity contribution in [1.82, 2.24) is 4.72 Å². The molecule has 1 aliphatic carbocycles. The van der Waals surface area contributed by atoms with Crippen molar-refractivity contribution in [3.63, 3.8) is 0 Å². The van der Waals surface area contributed by atoms with Crippen molar-refractivity contribution in [2.24, 2.45) is 11.8 Å². The fourth-order valence-electron chi connectivity index (χ4n) is 5.74. The molecule has 3 aliphatic rings. The van der Waals surface area contributed by atoms with E-state index in [1.54, 1.807) is 18.2 Å². The topological polar surface area (TPSA) is 95.9 Å². The van der Waals surface area contributed by atoms with E-state index < -0.39 is 27.3 Å². The van der Waals surface area contributed by atoms with Crippen LogP contribution < -0.4 is 14.4 Å². The van der Waals surface area contributed by atoms with Gasteiger partial charge in [-0.2, -0.15) is 0 Å². The number of nitrogens with zero attached hydrogens (tertiary/aromatic N) is 1. The summed E-state index contributed by atoms with van der Waals surface area (Å²) >= 11 is 6.29. The van der Waals surface area contributed by atoms with Crippen molar-refractivity contribution in [1.29, 1.82) is 0 Å². The van der Waals surface area contributed by atoms with Crippen LogP contribution in [0.5, 0.6) is 5.75 Å². The van der Waals surface area contributed by atoms with Crippen LogP contribution in [0.1, 0.15) is 66.9 Å². The van der Waals surface area contributed by atoms with Gasteiger partial charge in [-0.05, 0) is 105 Å². The number of aryl methyl sites for hydroxylation is 1. The second-order valence-electron chi connectivity index (χ2n) is 11.1. The molecule has 0 radical (unpaired) electrons. The number of hydrogen-bond acceptors (Lipinski definition) is 6. The Hall–Kier alpha value is -2.55. The summed E-state index contributed by atoms with van der Waals surface area (Å²) in [6.07, 6.45) is 9.12. The lowest BCUT2D eigenvalue weighted by molar-refractivity contribution is 0.0980. The third kappa shape index (κ3) is 6.44. The first-order chi connectivity index (χ1) is 18.7. The number of aliphatic hydroxyl groups is 1. The van der Waals surface area contributed by atoms with E-state index >= 15 is 0 Å². The molecule has 9 heteroatoms. The number of allylic oxidation sites excluding steroid dienone is 1. The van der Waals surface area contributed by atoms with Crippen LogP contribution >= 0.6 is 11.6 Å². The first-order valence-electron chi connectivity index (χ1n) is 13.9. The van der Waals surface area contributed by atoms with Crippen LogP contribution in [0.2, 0.25) is 5.02 Å². The Balaban J connectivity index is 1.52. The van der Waals surface area contributed by atoms with Gasteiger partial charge in [0.1, 0.15) is 17.6 Å². The molecule has 39 heavy (non-hydrogen) atoms.